The summed E-state index contributed by atoms with van der Waals surface area (Å²) in [4.78, 5) is 2.02. The maximum Gasteiger partial charge on any atom is 0.148 e. The second-order valence-electron chi connectivity index (χ2n) is 4.90. The molecule has 0 amide bonds. The third-order valence-electron chi connectivity index (χ3n) is 3.70. The predicted molar refractivity (Wildman–Crippen MR) is 74.1 cm³/mol. The number of nitrogens with zero attached hydrogens (tertiary/aromatic N) is 1. The van der Waals surface area contributed by atoms with Crippen molar-refractivity contribution in [3.05, 3.63) is 17.9 Å². The van der Waals surface area contributed by atoms with Crippen molar-refractivity contribution in [2.75, 3.05) is 30.9 Å². The van der Waals surface area contributed by atoms with Crippen LogP contribution in [0.4, 0.5) is 15.8 Å². The maximum absolute atomic E-state index is 14.1. The van der Waals surface area contributed by atoms with Gasteiger partial charge in [0, 0.05) is 31.3 Å². The fourth-order valence-corrected chi connectivity index (χ4v) is 2.72. The van der Waals surface area contributed by atoms with Crippen molar-refractivity contribution in [2.45, 2.75) is 31.7 Å². The average Bonchev–Trinajstić information content (AvgIpc) is 2.40. The van der Waals surface area contributed by atoms with Crippen LogP contribution in [0, 0.1) is 5.82 Å². The molecule has 1 saturated heterocycles. The summed E-state index contributed by atoms with van der Waals surface area (Å²) in [5, 5.41) is 9.13. The molecule has 106 valence electrons. The molecule has 0 radical (unpaired) electrons. The summed E-state index contributed by atoms with van der Waals surface area (Å²) < 4.78 is 19.3. The molecule has 19 heavy (non-hydrogen) atoms. The molecule has 2 rings (SSSR count). The number of ether oxygens (including phenoxy) is 1. The van der Waals surface area contributed by atoms with Gasteiger partial charge in [-0.1, -0.05) is 0 Å². The quantitative estimate of drug-likeness (QED) is 0.822. The summed E-state index contributed by atoms with van der Waals surface area (Å²) in [6.45, 7) is 0.920. The van der Waals surface area contributed by atoms with Gasteiger partial charge in [0.25, 0.3) is 0 Å². The first-order valence-electron chi connectivity index (χ1n) is 6.68. The number of nitrogen functional groups attached to an aromatic ring is 1. The lowest BCUT2D eigenvalue weighted by atomic mass is 9.98. The van der Waals surface area contributed by atoms with E-state index in [1.54, 1.807) is 6.07 Å². The maximum atomic E-state index is 14.1. The Balaban J connectivity index is 2.32. The molecule has 1 aliphatic heterocycles. The Bertz CT molecular complexity index is 438. The summed E-state index contributed by atoms with van der Waals surface area (Å²) in [6, 6.07) is 3.14. The number of anilines is 2. The third kappa shape index (κ3) is 2.92. The lowest BCUT2D eigenvalue weighted by Crippen LogP contribution is -2.40. The molecule has 1 aromatic carbocycles. The number of aliphatic hydroxyl groups excluding tert-OH is 1. The molecule has 1 heterocycles. The van der Waals surface area contributed by atoms with Crippen molar-refractivity contribution in [1.82, 2.24) is 0 Å². The van der Waals surface area contributed by atoms with Gasteiger partial charge in [-0.3, -0.25) is 0 Å². The highest BCUT2D eigenvalue weighted by Crippen LogP contribution is 2.34. The van der Waals surface area contributed by atoms with E-state index in [-0.39, 0.29) is 18.5 Å². The van der Waals surface area contributed by atoms with Gasteiger partial charge in [-0.05, 0) is 25.7 Å². The van der Waals surface area contributed by atoms with E-state index in [9.17, 15) is 4.39 Å². The first kappa shape index (κ1) is 13.9. The Labute approximate surface area is 113 Å². The van der Waals surface area contributed by atoms with Crippen LogP contribution in [0.5, 0.6) is 5.75 Å². The Hall–Kier alpha value is -1.49. The van der Waals surface area contributed by atoms with Crippen molar-refractivity contribution in [3.8, 4) is 5.75 Å². The van der Waals surface area contributed by atoms with Crippen LogP contribution in [0.25, 0.3) is 0 Å². The van der Waals surface area contributed by atoms with E-state index in [1.807, 2.05) is 4.90 Å². The van der Waals surface area contributed by atoms with Gasteiger partial charge >= 0.3 is 0 Å². The van der Waals surface area contributed by atoms with Crippen LogP contribution in [-0.4, -0.2) is 31.4 Å². The standard InChI is InChI=1S/C14H21FN2O2/c1-19-14-9-13(11(15)8-12(14)16)17-6-3-2-4-10(17)5-7-18/h8-10,18H,2-7,16H2,1H3. The summed E-state index contributed by atoms with van der Waals surface area (Å²) in [5.74, 6) is 0.160. The zero-order chi connectivity index (χ0) is 13.8. The number of methoxy groups -OCH3 is 1. The molecular formula is C14H21FN2O2. The van der Waals surface area contributed by atoms with Crippen molar-refractivity contribution in [2.24, 2.45) is 0 Å². The summed E-state index contributed by atoms with van der Waals surface area (Å²) in [5.41, 5.74) is 6.52. The highest BCUT2D eigenvalue weighted by molar-refractivity contribution is 5.63. The van der Waals surface area contributed by atoms with Crippen molar-refractivity contribution < 1.29 is 14.2 Å². The Kier molecular flexibility index (Phi) is 4.47. The molecule has 1 aromatic rings. The summed E-state index contributed by atoms with van der Waals surface area (Å²) in [6.07, 6.45) is 3.79. The smallest absolute Gasteiger partial charge is 0.148 e. The van der Waals surface area contributed by atoms with E-state index in [1.165, 1.54) is 13.2 Å². The number of halogens is 1. The van der Waals surface area contributed by atoms with Gasteiger partial charge in [0.05, 0.1) is 18.5 Å². The van der Waals surface area contributed by atoms with Crippen LogP contribution < -0.4 is 15.4 Å². The Morgan fingerprint density at radius 1 is 1.47 bits per heavy atom. The minimum atomic E-state index is -0.330. The van der Waals surface area contributed by atoms with Gasteiger partial charge in [0.15, 0.2) is 0 Å². The number of aliphatic hydroxyl groups is 1. The number of hydrogen-bond acceptors (Lipinski definition) is 4. The molecule has 0 aromatic heterocycles. The Morgan fingerprint density at radius 2 is 2.26 bits per heavy atom. The van der Waals surface area contributed by atoms with Crippen LogP contribution in [-0.2, 0) is 0 Å². The monoisotopic (exact) mass is 268 g/mol. The molecule has 0 spiro atoms. The fraction of sp³-hybridized carbons (Fsp3) is 0.571. The van der Waals surface area contributed by atoms with Gasteiger partial charge in [-0.15, -0.1) is 0 Å². The summed E-state index contributed by atoms with van der Waals surface area (Å²) >= 11 is 0. The van der Waals surface area contributed by atoms with Gasteiger partial charge < -0.3 is 20.5 Å². The molecular weight excluding hydrogens is 247 g/mol. The SMILES string of the molecule is COc1cc(N2CCCCC2CCO)c(F)cc1N. The predicted octanol–water partition coefficient (Wildman–Crippen LogP) is 2.16. The number of rotatable bonds is 4. The number of benzene rings is 1. The molecule has 0 bridgehead atoms. The molecule has 3 N–H and O–H groups in total. The number of hydrogen-bond donors (Lipinski definition) is 2. The third-order valence-corrected chi connectivity index (χ3v) is 3.70. The van der Waals surface area contributed by atoms with Crippen molar-refractivity contribution in [1.29, 1.82) is 0 Å². The molecule has 1 fully saturated rings. The number of nitrogens with two attached hydrogens (primary N) is 1. The van der Waals surface area contributed by atoms with E-state index >= 15 is 0 Å². The molecule has 1 unspecified atom stereocenters. The van der Waals surface area contributed by atoms with Crippen molar-refractivity contribution >= 4 is 11.4 Å². The fourth-order valence-electron chi connectivity index (χ4n) is 2.72. The topological polar surface area (TPSA) is 58.7 Å². The first-order chi connectivity index (χ1) is 9.17. The van der Waals surface area contributed by atoms with Crippen LogP contribution in [0.2, 0.25) is 0 Å². The van der Waals surface area contributed by atoms with Gasteiger partial charge in [-0.2, -0.15) is 0 Å². The van der Waals surface area contributed by atoms with E-state index in [0.29, 0.717) is 23.5 Å². The Morgan fingerprint density at radius 3 is 2.95 bits per heavy atom. The first-order valence-corrected chi connectivity index (χ1v) is 6.68. The van der Waals surface area contributed by atoms with E-state index in [0.717, 1.165) is 25.8 Å². The van der Waals surface area contributed by atoms with Crippen LogP contribution in [0.3, 0.4) is 0 Å². The molecule has 0 saturated carbocycles. The molecule has 5 heteroatoms. The average molecular weight is 268 g/mol. The lowest BCUT2D eigenvalue weighted by molar-refractivity contribution is 0.262. The second-order valence-corrected chi connectivity index (χ2v) is 4.90. The van der Waals surface area contributed by atoms with Gasteiger partial charge in [0.2, 0.25) is 0 Å². The van der Waals surface area contributed by atoms with Gasteiger partial charge in [0.1, 0.15) is 11.6 Å². The van der Waals surface area contributed by atoms with E-state index < -0.39 is 0 Å². The van der Waals surface area contributed by atoms with Gasteiger partial charge in [-0.25, -0.2) is 4.39 Å². The number of piperidine rings is 1. The van der Waals surface area contributed by atoms with Crippen molar-refractivity contribution in [3.63, 3.8) is 0 Å². The summed E-state index contributed by atoms with van der Waals surface area (Å²) in [7, 11) is 1.52. The molecule has 4 nitrogen and oxygen atoms in total. The molecule has 0 aliphatic carbocycles. The second kappa shape index (κ2) is 6.10. The molecule has 1 aliphatic rings. The van der Waals surface area contributed by atoms with E-state index in [2.05, 4.69) is 0 Å². The largest absolute Gasteiger partial charge is 0.495 e. The zero-order valence-electron chi connectivity index (χ0n) is 11.2. The highest BCUT2D eigenvalue weighted by Gasteiger charge is 2.25. The van der Waals surface area contributed by atoms with E-state index in [4.69, 9.17) is 15.6 Å². The van der Waals surface area contributed by atoms with Crippen LogP contribution >= 0.6 is 0 Å². The zero-order valence-corrected chi connectivity index (χ0v) is 11.2. The van der Waals surface area contributed by atoms with Crippen LogP contribution in [0.15, 0.2) is 12.1 Å². The minimum Gasteiger partial charge on any atom is -0.495 e. The lowest BCUT2D eigenvalue weighted by Gasteiger charge is -2.37. The minimum absolute atomic E-state index is 0.120. The highest BCUT2D eigenvalue weighted by atomic mass is 19.1. The van der Waals surface area contributed by atoms with Crippen LogP contribution in [0.1, 0.15) is 25.7 Å². The molecule has 1 atom stereocenters. The normalized spacial score (nSPS) is 19.5.